The molecule has 0 nitrogen and oxygen atoms in total. The summed E-state index contributed by atoms with van der Waals surface area (Å²) in [4.78, 5) is 0. The zero-order chi connectivity index (χ0) is 19.1. The maximum Gasteiger partial charge on any atom is 0.195 e. The highest BCUT2D eigenvalue weighted by atomic mass is 19.2. The largest absolute Gasteiger partial charge is 0.206 e. The van der Waals surface area contributed by atoms with Gasteiger partial charge in [-0.1, -0.05) is 32.3 Å². The Morgan fingerprint density at radius 3 is 2.33 bits per heavy atom. The second-order valence-electron chi connectivity index (χ2n) is 8.59. The van der Waals surface area contributed by atoms with Gasteiger partial charge in [-0.3, -0.25) is 0 Å². The quantitative estimate of drug-likeness (QED) is 0.383. The Kier molecular flexibility index (Phi) is 5.17. The molecule has 4 heteroatoms. The summed E-state index contributed by atoms with van der Waals surface area (Å²) >= 11 is 0. The Bertz CT molecular complexity index is 844. The van der Waals surface area contributed by atoms with Crippen LogP contribution in [0.15, 0.2) is 18.2 Å². The Labute approximate surface area is 158 Å². The van der Waals surface area contributed by atoms with Gasteiger partial charge in [0.2, 0.25) is 0 Å². The lowest BCUT2D eigenvalue weighted by molar-refractivity contribution is 0.114. The predicted octanol–water partition coefficient (Wildman–Crippen LogP) is 7.50. The standard InChI is InChI=1S/C23H26F4/c1-2-3-13-4-5-15-9-16(7-6-14(15)8-13)17-10-18-12-20(25)22(26)23(27)21(18)19(24)11-17/h10-16H,2-9H2,1H3/t13-,14?,15-,16?/m1/s1. The summed E-state index contributed by atoms with van der Waals surface area (Å²) in [6.07, 6.45) is 9.52. The molecule has 2 aromatic rings. The first-order valence-electron chi connectivity index (χ1n) is 10.2. The summed E-state index contributed by atoms with van der Waals surface area (Å²) < 4.78 is 55.5. The third-order valence-corrected chi connectivity index (χ3v) is 6.94. The molecule has 0 aromatic heterocycles. The smallest absolute Gasteiger partial charge is 0.195 e. The molecule has 2 saturated carbocycles. The zero-order valence-corrected chi connectivity index (χ0v) is 15.7. The fraction of sp³-hybridized carbons (Fsp3) is 0.565. The lowest BCUT2D eigenvalue weighted by Crippen LogP contribution is -2.30. The summed E-state index contributed by atoms with van der Waals surface area (Å²) in [5, 5.41) is -0.346. The first-order chi connectivity index (χ1) is 13.0. The van der Waals surface area contributed by atoms with E-state index in [9.17, 15) is 17.6 Å². The van der Waals surface area contributed by atoms with Crippen LogP contribution in [-0.4, -0.2) is 0 Å². The highest BCUT2D eigenvalue weighted by Gasteiger charge is 2.36. The normalized spacial score (nSPS) is 28.3. The van der Waals surface area contributed by atoms with Gasteiger partial charge in [0, 0.05) is 0 Å². The van der Waals surface area contributed by atoms with E-state index in [2.05, 4.69) is 6.92 Å². The van der Waals surface area contributed by atoms with Gasteiger partial charge < -0.3 is 0 Å². The average Bonchev–Trinajstić information content (AvgIpc) is 2.65. The van der Waals surface area contributed by atoms with Gasteiger partial charge in [0.1, 0.15) is 5.82 Å². The minimum Gasteiger partial charge on any atom is -0.206 e. The maximum absolute atomic E-state index is 14.5. The first-order valence-corrected chi connectivity index (χ1v) is 10.2. The van der Waals surface area contributed by atoms with Gasteiger partial charge >= 0.3 is 0 Å². The minimum absolute atomic E-state index is 0.107. The van der Waals surface area contributed by atoms with Crippen molar-refractivity contribution in [2.45, 2.75) is 64.2 Å². The molecule has 27 heavy (non-hydrogen) atoms. The average molecular weight is 378 g/mol. The molecule has 4 rings (SSSR count). The van der Waals surface area contributed by atoms with Crippen molar-refractivity contribution in [3.8, 4) is 0 Å². The fourth-order valence-corrected chi connectivity index (χ4v) is 5.60. The van der Waals surface area contributed by atoms with Crippen molar-refractivity contribution in [3.63, 3.8) is 0 Å². The monoisotopic (exact) mass is 378 g/mol. The van der Waals surface area contributed by atoms with Crippen LogP contribution >= 0.6 is 0 Å². The van der Waals surface area contributed by atoms with E-state index in [1.54, 1.807) is 6.07 Å². The van der Waals surface area contributed by atoms with Gasteiger partial charge in [0.15, 0.2) is 17.5 Å². The number of halogens is 4. The molecule has 0 radical (unpaired) electrons. The van der Waals surface area contributed by atoms with Crippen LogP contribution in [0.3, 0.4) is 0 Å². The van der Waals surface area contributed by atoms with Crippen molar-refractivity contribution in [2.75, 3.05) is 0 Å². The summed E-state index contributed by atoms with van der Waals surface area (Å²) in [5.74, 6) is -2.62. The highest BCUT2D eigenvalue weighted by Crippen LogP contribution is 2.48. The summed E-state index contributed by atoms with van der Waals surface area (Å²) in [6, 6.07) is 3.89. The molecule has 2 aliphatic rings. The van der Waals surface area contributed by atoms with Gasteiger partial charge in [-0.25, -0.2) is 17.6 Å². The number of benzene rings is 2. The SMILES string of the molecule is CCC[C@@H]1CC[C@@H]2CC(c3cc(F)c4c(F)c(F)c(F)cc4c3)CCC2C1. The van der Waals surface area contributed by atoms with Crippen molar-refractivity contribution >= 4 is 10.8 Å². The number of hydrogen-bond acceptors (Lipinski definition) is 0. The van der Waals surface area contributed by atoms with E-state index in [0.29, 0.717) is 5.92 Å². The second-order valence-corrected chi connectivity index (χ2v) is 8.59. The molecule has 0 bridgehead atoms. The van der Waals surface area contributed by atoms with Gasteiger partial charge in [-0.15, -0.1) is 0 Å². The van der Waals surface area contributed by atoms with Crippen LogP contribution in [0.2, 0.25) is 0 Å². The van der Waals surface area contributed by atoms with E-state index in [1.807, 2.05) is 0 Å². The fourth-order valence-electron chi connectivity index (χ4n) is 5.60. The third-order valence-electron chi connectivity index (χ3n) is 6.94. The lowest BCUT2D eigenvalue weighted by atomic mass is 9.63. The van der Waals surface area contributed by atoms with Crippen LogP contribution in [0.1, 0.15) is 69.8 Å². The van der Waals surface area contributed by atoms with Crippen molar-refractivity contribution in [1.29, 1.82) is 0 Å². The van der Waals surface area contributed by atoms with E-state index < -0.39 is 28.7 Å². The zero-order valence-electron chi connectivity index (χ0n) is 15.7. The Morgan fingerprint density at radius 2 is 1.56 bits per heavy atom. The second kappa shape index (κ2) is 7.44. The maximum atomic E-state index is 14.5. The number of fused-ring (bicyclic) bond motifs is 2. The molecule has 2 fully saturated rings. The summed E-state index contributed by atoms with van der Waals surface area (Å²) in [6.45, 7) is 2.24. The summed E-state index contributed by atoms with van der Waals surface area (Å²) in [5.41, 5.74) is 0.791. The predicted molar refractivity (Wildman–Crippen MR) is 99.6 cm³/mol. The molecule has 0 amide bonds. The van der Waals surface area contributed by atoms with Gasteiger partial charge in [-0.05, 0) is 78.9 Å². The summed E-state index contributed by atoms with van der Waals surface area (Å²) in [7, 11) is 0. The lowest BCUT2D eigenvalue weighted by Gasteiger charge is -2.42. The molecule has 146 valence electrons. The van der Waals surface area contributed by atoms with Crippen LogP contribution in [0.4, 0.5) is 17.6 Å². The third kappa shape index (κ3) is 3.48. The molecule has 2 aromatic carbocycles. The molecule has 4 atom stereocenters. The molecule has 0 spiro atoms. The molecule has 0 N–H and O–H groups in total. The molecule has 0 heterocycles. The van der Waals surface area contributed by atoms with Gasteiger partial charge in [0.05, 0.1) is 5.39 Å². The van der Waals surface area contributed by atoms with E-state index in [4.69, 9.17) is 0 Å². The van der Waals surface area contributed by atoms with Crippen LogP contribution in [-0.2, 0) is 0 Å². The van der Waals surface area contributed by atoms with Crippen LogP contribution in [0.25, 0.3) is 10.8 Å². The molecule has 0 saturated heterocycles. The van der Waals surface area contributed by atoms with Gasteiger partial charge in [0.25, 0.3) is 0 Å². The van der Waals surface area contributed by atoms with Gasteiger partial charge in [-0.2, -0.15) is 0 Å². The number of rotatable bonds is 3. The number of hydrogen-bond donors (Lipinski definition) is 0. The van der Waals surface area contributed by atoms with E-state index >= 15 is 0 Å². The minimum atomic E-state index is -1.61. The van der Waals surface area contributed by atoms with Crippen molar-refractivity contribution in [1.82, 2.24) is 0 Å². The van der Waals surface area contributed by atoms with E-state index in [0.717, 1.165) is 42.7 Å². The highest BCUT2D eigenvalue weighted by molar-refractivity contribution is 5.84. The van der Waals surface area contributed by atoms with Crippen molar-refractivity contribution in [2.24, 2.45) is 17.8 Å². The van der Waals surface area contributed by atoms with Crippen molar-refractivity contribution in [3.05, 3.63) is 47.0 Å². The first kappa shape index (κ1) is 18.8. The van der Waals surface area contributed by atoms with Crippen LogP contribution in [0, 0.1) is 41.0 Å². The Morgan fingerprint density at radius 1 is 0.815 bits per heavy atom. The molecule has 2 unspecified atom stereocenters. The van der Waals surface area contributed by atoms with E-state index in [-0.39, 0.29) is 11.3 Å². The molecular weight excluding hydrogens is 352 g/mol. The topological polar surface area (TPSA) is 0 Å². The van der Waals surface area contributed by atoms with Crippen LogP contribution in [0.5, 0.6) is 0 Å². The van der Waals surface area contributed by atoms with Crippen molar-refractivity contribution < 1.29 is 17.6 Å². The molecular formula is C23H26F4. The molecule has 0 aliphatic heterocycles. The Hall–Kier alpha value is -1.58. The Balaban J connectivity index is 1.58. The van der Waals surface area contributed by atoms with Crippen LogP contribution < -0.4 is 0 Å². The molecule has 2 aliphatic carbocycles. The van der Waals surface area contributed by atoms with E-state index in [1.165, 1.54) is 38.2 Å².